The van der Waals surface area contributed by atoms with Crippen LogP contribution in [-0.4, -0.2) is 80.9 Å². The molecule has 2 aliphatic heterocycles. The van der Waals surface area contributed by atoms with Gasteiger partial charge in [-0.15, -0.1) is 10.2 Å². The molecule has 9 nitrogen and oxygen atoms in total. The van der Waals surface area contributed by atoms with Crippen LogP contribution in [0.5, 0.6) is 0 Å². The van der Waals surface area contributed by atoms with Crippen molar-refractivity contribution in [3.8, 4) is 0 Å². The summed E-state index contributed by atoms with van der Waals surface area (Å²) >= 11 is 0. The van der Waals surface area contributed by atoms with Gasteiger partial charge in [0.15, 0.2) is 0 Å². The van der Waals surface area contributed by atoms with Gasteiger partial charge in [-0.1, -0.05) is 13.8 Å². The Labute approximate surface area is 190 Å². The molecule has 1 amide bonds. The molecule has 0 aliphatic carbocycles. The highest BCUT2D eigenvalue weighted by atomic mass is 16.4. The van der Waals surface area contributed by atoms with Crippen molar-refractivity contribution in [2.75, 3.05) is 40.3 Å². The molecule has 176 valence electrons. The summed E-state index contributed by atoms with van der Waals surface area (Å²) in [5.41, 5.74) is 2.72. The Kier molecular flexibility index (Phi) is 6.40. The van der Waals surface area contributed by atoms with E-state index in [1.165, 1.54) is 11.3 Å². The molecule has 2 aliphatic rings. The van der Waals surface area contributed by atoms with Crippen LogP contribution in [0.3, 0.4) is 0 Å². The third-order valence-electron chi connectivity index (χ3n) is 7.33. The standard InChI is InChI=1S/C23H37N7O2/c1-16(2)21-25-26-22(32-21)19-11-23(15-30(19)14-20(31)27(4)5)7-9-29(10-8-23)13-18-12-24-28(6)17(18)3/h12,16,19H,7-11,13-15H2,1-6H3. The Bertz CT molecular complexity index is 940. The predicted octanol–water partition coefficient (Wildman–Crippen LogP) is 2.35. The molecule has 2 aromatic rings. The number of hydrogen-bond acceptors (Lipinski definition) is 7. The molecule has 0 aromatic carbocycles. The number of hydrogen-bond donors (Lipinski definition) is 0. The molecular formula is C23H37N7O2. The maximum Gasteiger partial charge on any atom is 0.236 e. The van der Waals surface area contributed by atoms with E-state index in [0.29, 0.717) is 18.3 Å². The summed E-state index contributed by atoms with van der Waals surface area (Å²) in [7, 11) is 5.62. The van der Waals surface area contributed by atoms with E-state index >= 15 is 0 Å². The SMILES string of the molecule is Cc1c(CN2CCC3(CC2)CC(c2nnc(C(C)C)o2)N(CC(=O)N(C)C)C3)cnn1C. The van der Waals surface area contributed by atoms with Crippen LogP contribution >= 0.6 is 0 Å². The number of piperidine rings is 1. The lowest BCUT2D eigenvalue weighted by molar-refractivity contribution is -0.130. The van der Waals surface area contributed by atoms with Crippen LogP contribution in [0.25, 0.3) is 0 Å². The maximum atomic E-state index is 12.6. The van der Waals surface area contributed by atoms with Gasteiger partial charge in [0.1, 0.15) is 0 Å². The highest BCUT2D eigenvalue weighted by Gasteiger charge is 2.48. The average molecular weight is 444 g/mol. The number of likely N-dealkylation sites (tertiary alicyclic amines) is 2. The van der Waals surface area contributed by atoms with Gasteiger partial charge in [-0.3, -0.25) is 19.3 Å². The summed E-state index contributed by atoms with van der Waals surface area (Å²) in [6.45, 7) is 10.6. The summed E-state index contributed by atoms with van der Waals surface area (Å²) in [6, 6.07) is 0.00557. The Hall–Kier alpha value is -2.26. The Morgan fingerprint density at radius 1 is 1.28 bits per heavy atom. The largest absolute Gasteiger partial charge is 0.423 e. The molecule has 2 aromatic heterocycles. The zero-order valence-corrected chi connectivity index (χ0v) is 20.3. The molecule has 0 N–H and O–H groups in total. The van der Waals surface area contributed by atoms with Crippen molar-refractivity contribution in [3.05, 3.63) is 29.2 Å². The lowest BCUT2D eigenvalue weighted by Gasteiger charge is -2.39. The van der Waals surface area contributed by atoms with E-state index in [0.717, 1.165) is 45.4 Å². The van der Waals surface area contributed by atoms with Crippen LogP contribution < -0.4 is 0 Å². The molecule has 0 saturated carbocycles. The van der Waals surface area contributed by atoms with Gasteiger partial charge in [-0.2, -0.15) is 5.10 Å². The van der Waals surface area contributed by atoms with Crippen LogP contribution in [0.2, 0.25) is 0 Å². The fourth-order valence-corrected chi connectivity index (χ4v) is 4.97. The first-order valence-electron chi connectivity index (χ1n) is 11.6. The lowest BCUT2D eigenvalue weighted by Crippen LogP contribution is -2.42. The molecule has 1 atom stereocenters. The quantitative estimate of drug-likeness (QED) is 0.678. The number of nitrogens with zero attached hydrogens (tertiary/aromatic N) is 7. The third kappa shape index (κ3) is 4.59. The number of carbonyl (C=O) groups excluding carboxylic acids is 1. The molecule has 2 saturated heterocycles. The molecule has 4 heterocycles. The molecule has 2 fully saturated rings. The first-order chi connectivity index (χ1) is 15.2. The normalized spacial score (nSPS) is 21.7. The summed E-state index contributed by atoms with van der Waals surface area (Å²) in [5, 5.41) is 13.0. The van der Waals surface area contributed by atoms with E-state index in [1.54, 1.807) is 4.90 Å². The van der Waals surface area contributed by atoms with E-state index in [4.69, 9.17) is 4.42 Å². The minimum Gasteiger partial charge on any atom is -0.423 e. The summed E-state index contributed by atoms with van der Waals surface area (Å²) < 4.78 is 7.98. The van der Waals surface area contributed by atoms with Crippen LogP contribution in [0.15, 0.2) is 10.6 Å². The maximum absolute atomic E-state index is 12.6. The highest BCUT2D eigenvalue weighted by molar-refractivity contribution is 5.77. The van der Waals surface area contributed by atoms with Gasteiger partial charge in [0.2, 0.25) is 17.7 Å². The van der Waals surface area contributed by atoms with Crippen molar-refractivity contribution >= 4 is 5.91 Å². The number of rotatable bonds is 6. The molecule has 32 heavy (non-hydrogen) atoms. The fraction of sp³-hybridized carbons (Fsp3) is 0.739. The second kappa shape index (κ2) is 8.94. The summed E-state index contributed by atoms with van der Waals surface area (Å²) in [5.74, 6) is 1.63. The van der Waals surface area contributed by atoms with Gasteiger partial charge in [-0.05, 0) is 44.7 Å². The van der Waals surface area contributed by atoms with E-state index in [1.807, 2.05) is 32.0 Å². The predicted molar refractivity (Wildman–Crippen MR) is 121 cm³/mol. The number of likely N-dealkylation sites (N-methyl/N-ethyl adjacent to an activating group) is 1. The Balaban J connectivity index is 1.47. The van der Waals surface area contributed by atoms with Gasteiger partial charge in [0.25, 0.3) is 0 Å². The van der Waals surface area contributed by atoms with E-state index in [-0.39, 0.29) is 23.3 Å². The van der Waals surface area contributed by atoms with Gasteiger partial charge < -0.3 is 9.32 Å². The van der Waals surface area contributed by atoms with Crippen molar-refractivity contribution in [1.29, 1.82) is 0 Å². The van der Waals surface area contributed by atoms with Crippen molar-refractivity contribution in [2.24, 2.45) is 12.5 Å². The summed E-state index contributed by atoms with van der Waals surface area (Å²) in [6.07, 6.45) is 5.18. The molecule has 4 rings (SSSR count). The van der Waals surface area contributed by atoms with Gasteiger partial charge >= 0.3 is 0 Å². The van der Waals surface area contributed by atoms with Gasteiger partial charge in [0.05, 0.1) is 18.8 Å². The summed E-state index contributed by atoms with van der Waals surface area (Å²) in [4.78, 5) is 19.0. The number of aromatic nitrogens is 4. The second-order valence-corrected chi connectivity index (χ2v) is 10.2. The van der Waals surface area contributed by atoms with Gasteiger partial charge in [-0.25, -0.2) is 0 Å². The van der Waals surface area contributed by atoms with Crippen LogP contribution in [0.4, 0.5) is 0 Å². The highest BCUT2D eigenvalue weighted by Crippen LogP contribution is 2.49. The monoisotopic (exact) mass is 443 g/mol. The first kappa shape index (κ1) is 22.9. The number of carbonyl (C=O) groups is 1. The third-order valence-corrected chi connectivity index (χ3v) is 7.33. The average Bonchev–Trinajstić information content (AvgIpc) is 3.44. The first-order valence-corrected chi connectivity index (χ1v) is 11.6. The van der Waals surface area contributed by atoms with Crippen LogP contribution in [-0.2, 0) is 18.4 Å². The molecule has 9 heteroatoms. The topological polar surface area (TPSA) is 83.5 Å². The van der Waals surface area contributed by atoms with E-state index in [9.17, 15) is 4.79 Å². The molecular weight excluding hydrogens is 406 g/mol. The van der Waals surface area contributed by atoms with Crippen LogP contribution in [0, 0.1) is 12.3 Å². The Morgan fingerprint density at radius 2 is 2.00 bits per heavy atom. The number of amides is 1. The molecule has 1 unspecified atom stereocenters. The molecule has 0 radical (unpaired) electrons. The van der Waals surface area contributed by atoms with Gasteiger partial charge in [0, 0.05) is 51.4 Å². The van der Waals surface area contributed by atoms with Crippen molar-refractivity contribution in [3.63, 3.8) is 0 Å². The zero-order chi connectivity index (χ0) is 23.0. The van der Waals surface area contributed by atoms with E-state index in [2.05, 4.69) is 45.9 Å². The van der Waals surface area contributed by atoms with Crippen molar-refractivity contribution < 1.29 is 9.21 Å². The minimum atomic E-state index is 0.00557. The second-order valence-electron chi connectivity index (χ2n) is 10.2. The zero-order valence-electron chi connectivity index (χ0n) is 20.3. The fourth-order valence-electron chi connectivity index (χ4n) is 4.97. The molecule has 0 bridgehead atoms. The van der Waals surface area contributed by atoms with Crippen molar-refractivity contribution in [1.82, 2.24) is 34.7 Å². The van der Waals surface area contributed by atoms with Crippen LogP contribution in [0.1, 0.15) is 68.1 Å². The Morgan fingerprint density at radius 3 is 2.56 bits per heavy atom. The van der Waals surface area contributed by atoms with E-state index < -0.39 is 0 Å². The molecule has 1 spiro atoms. The smallest absolute Gasteiger partial charge is 0.236 e. The lowest BCUT2D eigenvalue weighted by atomic mass is 9.76. The van der Waals surface area contributed by atoms with Crippen molar-refractivity contribution in [2.45, 2.75) is 58.5 Å². The number of aryl methyl sites for hydroxylation is 1. The minimum absolute atomic E-state index is 0.00557.